The Hall–Kier alpha value is -2.02. The second-order valence-corrected chi connectivity index (χ2v) is 8.00. The highest BCUT2D eigenvalue weighted by Crippen LogP contribution is 2.38. The highest BCUT2D eigenvalue weighted by atomic mass is 35.5. The lowest BCUT2D eigenvalue weighted by atomic mass is 10.1. The molecule has 5 nitrogen and oxygen atoms in total. The molecule has 27 heavy (non-hydrogen) atoms. The molecule has 8 heteroatoms. The highest BCUT2D eigenvalue weighted by molar-refractivity contribution is 7.10. The van der Waals surface area contributed by atoms with E-state index in [9.17, 15) is 14.7 Å². The van der Waals surface area contributed by atoms with Crippen molar-refractivity contribution < 1.29 is 14.7 Å². The van der Waals surface area contributed by atoms with E-state index in [1.165, 1.54) is 16.2 Å². The highest BCUT2D eigenvalue weighted by Gasteiger charge is 2.42. The molecule has 1 aliphatic rings. The maximum atomic E-state index is 12.6. The van der Waals surface area contributed by atoms with E-state index in [0.29, 0.717) is 23.0 Å². The quantitative estimate of drug-likeness (QED) is 0.684. The molecule has 2 aromatic rings. The van der Waals surface area contributed by atoms with Crippen molar-refractivity contribution >= 4 is 46.4 Å². The minimum atomic E-state index is -0.562. The van der Waals surface area contributed by atoms with E-state index in [4.69, 9.17) is 23.2 Å². The summed E-state index contributed by atoms with van der Waals surface area (Å²) in [6.45, 7) is 0.408. The largest absolute Gasteiger partial charge is 0.503 e. The number of aliphatic hydroxyl groups excluding tert-OH is 1. The molecule has 3 rings (SSSR count). The molecule has 0 fully saturated rings. The van der Waals surface area contributed by atoms with Crippen LogP contribution < -0.4 is 5.32 Å². The molecule has 2 heterocycles. The molecule has 0 bridgehead atoms. The van der Waals surface area contributed by atoms with Crippen molar-refractivity contribution in [3.8, 4) is 0 Å². The molecular formula is C19H18Cl2N2O3S. The van der Waals surface area contributed by atoms with Crippen molar-refractivity contribution in [2.45, 2.75) is 18.9 Å². The lowest BCUT2D eigenvalue weighted by molar-refractivity contribution is -0.128. The molecule has 0 radical (unpaired) electrons. The first-order valence-electron chi connectivity index (χ1n) is 8.36. The Morgan fingerprint density at radius 2 is 2.07 bits per heavy atom. The van der Waals surface area contributed by atoms with Crippen LogP contribution in [-0.4, -0.2) is 35.4 Å². The fraction of sp³-hybridized carbons (Fsp3) is 0.263. The number of likely N-dealkylation sites (N-methyl/N-ethyl adjacent to an activating group) is 1. The number of benzene rings is 1. The van der Waals surface area contributed by atoms with E-state index in [0.717, 1.165) is 16.9 Å². The number of nitrogens with zero attached hydrogens (tertiary/aromatic N) is 1. The van der Waals surface area contributed by atoms with Gasteiger partial charge in [0.2, 0.25) is 0 Å². The number of amides is 2. The van der Waals surface area contributed by atoms with E-state index in [2.05, 4.69) is 5.32 Å². The minimum Gasteiger partial charge on any atom is -0.503 e. The molecule has 1 atom stereocenters. The number of aliphatic hydroxyl groups is 1. The Morgan fingerprint density at radius 1 is 1.30 bits per heavy atom. The van der Waals surface area contributed by atoms with Gasteiger partial charge in [-0.1, -0.05) is 35.3 Å². The standard InChI is InChI=1S/C19H18Cl2N2O3S/c1-23-16(14-5-3-9-27-14)15(17(24)19(23)26)18(25)22-8-2-4-11-6-7-12(20)13(21)10-11/h3,5-7,9-10,16,24H,2,4,8H2,1H3,(H,22,25). The molecule has 2 amide bonds. The van der Waals surface area contributed by atoms with Crippen LogP contribution in [0, 0.1) is 0 Å². The van der Waals surface area contributed by atoms with Crippen LogP contribution >= 0.6 is 34.5 Å². The average Bonchev–Trinajstić information content (AvgIpc) is 3.24. The third-order valence-corrected chi connectivity index (χ3v) is 6.07. The Bertz CT molecular complexity index is 896. The fourth-order valence-corrected chi connectivity index (χ4v) is 4.22. The summed E-state index contributed by atoms with van der Waals surface area (Å²) in [5.41, 5.74) is 1.12. The van der Waals surface area contributed by atoms with Crippen LogP contribution in [0.2, 0.25) is 10.0 Å². The molecule has 0 aliphatic carbocycles. The predicted molar refractivity (Wildman–Crippen MR) is 107 cm³/mol. The Morgan fingerprint density at radius 3 is 2.74 bits per heavy atom. The van der Waals surface area contributed by atoms with Crippen LogP contribution in [0.5, 0.6) is 0 Å². The van der Waals surface area contributed by atoms with Gasteiger partial charge in [0.1, 0.15) is 6.04 Å². The molecule has 0 saturated heterocycles. The summed E-state index contributed by atoms with van der Waals surface area (Å²) in [5, 5.41) is 15.8. The summed E-state index contributed by atoms with van der Waals surface area (Å²) in [4.78, 5) is 27.0. The zero-order valence-electron chi connectivity index (χ0n) is 14.5. The van der Waals surface area contributed by atoms with Crippen LogP contribution in [0.4, 0.5) is 0 Å². The van der Waals surface area contributed by atoms with Crippen molar-refractivity contribution in [2.75, 3.05) is 13.6 Å². The first-order chi connectivity index (χ1) is 12.9. The molecule has 1 unspecified atom stereocenters. The van der Waals surface area contributed by atoms with Gasteiger partial charge in [-0.2, -0.15) is 0 Å². The van der Waals surface area contributed by atoms with Gasteiger partial charge < -0.3 is 15.3 Å². The second-order valence-electron chi connectivity index (χ2n) is 6.20. The molecule has 142 valence electrons. The van der Waals surface area contributed by atoms with E-state index in [1.807, 2.05) is 23.6 Å². The van der Waals surface area contributed by atoms with Crippen LogP contribution in [0.15, 0.2) is 47.0 Å². The van der Waals surface area contributed by atoms with E-state index < -0.39 is 23.6 Å². The first kappa shape index (κ1) is 19.7. The topological polar surface area (TPSA) is 69.6 Å². The third kappa shape index (κ3) is 4.13. The third-order valence-electron chi connectivity index (χ3n) is 4.41. The van der Waals surface area contributed by atoms with Gasteiger partial charge in [0, 0.05) is 18.5 Å². The summed E-state index contributed by atoms with van der Waals surface area (Å²) >= 11 is 13.3. The molecular weight excluding hydrogens is 407 g/mol. The Labute approximate surface area is 171 Å². The number of aryl methyl sites for hydroxylation is 1. The predicted octanol–water partition coefficient (Wildman–Crippen LogP) is 4.13. The zero-order valence-corrected chi connectivity index (χ0v) is 16.9. The van der Waals surface area contributed by atoms with Gasteiger partial charge in [0.05, 0.1) is 15.6 Å². The van der Waals surface area contributed by atoms with Crippen LogP contribution in [-0.2, 0) is 16.0 Å². The van der Waals surface area contributed by atoms with Gasteiger partial charge in [-0.05, 0) is 42.0 Å². The maximum absolute atomic E-state index is 12.6. The van der Waals surface area contributed by atoms with E-state index >= 15 is 0 Å². The van der Waals surface area contributed by atoms with Crippen molar-refractivity contribution in [1.82, 2.24) is 10.2 Å². The number of hydrogen-bond donors (Lipinski definition) is 2. The molecule has 0 saturated carbocycles. The smallest absolute Gasteiger partial charge is 0.289 e. The van der Waals surface area contributed by atoms with Gasteiger partial charge in [0.25, 0.3) is 11.8 Å². The lowest BCUT2D eigenvalue weighted by Crippen LogP contribution is -2.31. The second kappa shape index (κ2) is 8.33. The first-order valence-corrected chi connectivity index (χ1v) is 9.99. The average molecular weight is 425 g/mol. The lowest BCUT2D eigenvalue weighted by Gasteiger charge is -2.21. The summed E-state index contributed by atoms with van der Waals surface area (Å²) in [5.74, 6) is -1.47. The molecule has 0 spiro atoms. The summed E-state index contributed by atoms with van der Waals surface area (Å²) in [7, 11) is 1.58. The molecule has 2 N–H and O–H groups in total. The molecule has 1 aliphatic heterocycles. The van der Waals surface area contributed by atoms with Gasteiger partial charge >= 0.3 is 0 Å². The van der Waals surface area contributed by atoms with Gasteiger partial charge in [-0.3, -0.25) is 9.59 Å². The Kier molecular flexibility index (Phi) is 6.09. The van der Waals surface area contributed by atoms with Gasteiger partial charge in [0.15, 0.2) is 5.76 Å². The van der Waals surface area contributed by atoms with Crippen molar-refractivity contribution in [1.29, 1.82) is 0 Å². The number of nitrogens with one attached hydrogen (secondary N) is 1. The van der Waals surface area contributed by atoms with Crippen LogP contribution in [0.1, 0.15) is 22.9 Å². The van der Waals surface area contributed by atoms with Crippen LogP contribution in [0.25, 0.3) is 0 Å². The SMILES string of the molecule is CN1C(=O)C(O)=C(C(=O)NCCCc2ccc(Cl)c(Cl)c2)C1c1cccs1. The molecule has 1 aromatic carbocycles. The number of halogens is 2. The normalized spacial score (nSPS) is 16.9. The van der Waals surface area contributed by atoms with Gasteiger partial charge in [-0.15, -0.1) is 11.3 Å². The summed E-state index contributed by atoms with van der Waals surface area (Å²) < 4.78 is 0. The van der Waals surface area contributed by atoms with Crippen molar-refractivity contribution in [3.63, 3.8) is 0 Å². The number of carbonyl (C=O) groups excluding carboxylic acids is 2. The Balaban J connectivity index is 1.62. The van der Waals surface area contributed by atoms with Gasteiger partial charge in [-0.25, -0.2) is 0 Å². The fourth-order valence-electron chi connectivity index (χ4n) is 3.02. The number of carbonyl (C=O) groups is 2. The monoisotopic (exact) mass is 424 g/mol. The minimum absolute atomic E-state index is 0.0967. The summed E-state index contributed by atoms with van der Waals surface area (Å²) in [6, 6.07) is 8.56. The van der Waals surface area contributed by atoms with E-state index in [-0.39, 0.29) is 5.57 Å². The number of rotatable bonds is 6. The number of thiophene rings is 1. The number of hydrogen-bond acceptors (Lipinski definition) is 4. The van der Waals surface area contributed by atoms with Crippen LogP contribution in [0.3, 0.4) is 0 Å². The van der Waals surface area contributed by atoms with Crippen molar-refractivity contribution in [3.05, 3.63) is 67.5 Å². The van der Waals surface area contributed by atoms with Crippen molar-refractivity contribution in [2.24, 2.45) is 0 Å². The maximum Gasteiger partial charge on any atom is 0.289 e. The van der Waals surface area contributed by atoms with E-state index in [1.54, 1.807) is 19.2 Å². The summed E-state index contributed by atoms with van der Waals surface area (Å²) in [6.07, 6.45) is 1.40. The zero-order chi connectivity index (χ0) is 19.6. The molecule has 1 aromatic heterocycles.